The van der Waals surface area contributed by atoms with Gasteiger partial charge in [-0.05, 0) is 74.9 Å². The van der Waals surface area contributed by atoms with Crippen molar-refractivity contribution in [1.29, 1.82) is 0 Å². The van der Waals surface area contributed by atoms with Gasteiger partial charge in [0.2, 0.25) is 0 Å². The number of barbiturate groups is 1. The molecular weight excluding hydrogens is 406 g/mol. The number of benzene rings is 2. The summed E-state index contributed by atoms with van der Waals surface area (Å²) in [5.41, 5.74) is 3.76. The Kier molecular flexibility index (Phi) is 5.64. The maximum absolute atomic E-state index is 13.1. The summed E-state index contributed by atoms with van der Waals surface area (Å²) in [5.74, 6) is -0.579. The highest BCUT2D eigenvalue weighted by Crippen LogP contribution is 2.26. The van der Waals surface area contributed by atoms with Crippen LogP contribution in [0, 0.1) is 13.8 Å². The molecule has 162 valence electrons. The molecule has 4 rings (SSSR count). The van der Waals surface area contributed by atoms with Gasteiger partial charge in [0.25, 0.3) is 11.8 Å². The van der Waals surface area contributed by atoms with Crippen LogP contribution in [0.3, 0.4) is 0 Å². The van der Waals surface area contributed by atoms with Gasteiger partial charge in [0.15, 0.2) is 0 Å². The van der Waals surface area contributed by atoms with Crippen LogP contribution in [-0.4, -0.2) is 29.0 Å². The lowest BCUT2D eigenvalue weighted by molar-refractivity contribution is -0.122. The van der Waals surface area contributed by atoms with Crippen molar-refractivity contribution in [1.82, 2.24) is 9.88 Å². The second kappa shape index (κ2) is 8.55. The number of nitrogens with zero attached hydrogens (tertiary/aromatic N) is 2. The number of ether oxygens (including phenoxy) is 1. The largest absolute Gasteiger partial charge is 0.494 e. The van der Waals surface area contributed by atoms with Gasteiger partial charge in [-0.15, -0.1) is 0 Å². The number of aromatic nitrogens is 1. The Bertz CT molecular complexity index is 1220. The first-order valence-corrected chi connectivity index (χ1v) is 10.3. The van der Waals surface area contributed by atoms with Crippen molar-refractivity contribution < 1.29 is 19.1 Å². The lowest BCUT2D eigenvalue weighted by Gasteiger charge is -2.26. The number of hydrogen-bond acceptors (Lipinski definition) is 4. The predicted octanol–water partition coefficient (Wildman–Crippen LogP) is 4.16. The number of para-hydroxylation sites is 1. The summed E-state index contributed by atoms with van der Waals surface area (Å²) in [5, 5.41) is 2.26. The summed E-state index contributed by atoms with van der Waals surface area (Å²) >= 11 is 0. The Morgan fingerprint density at radius 1 is 0.938 bits per heavy atom. The second-order valence-corrected chi connectivity index (χ2v) is 7.38. The molecule has 1 fully saturated rings. The zero-order chi connectivity index (χ0) is 22.8. The fraction of sp³-hybridized carbons (Fsp3) is 0.160. The first-order valence-electron chi connectivity index (χ1n) is 10.3. The summed E-state index contributed by atoms with van der Waals surface area (Å²) < 4.78 is 7.54. The maximum atomic E-state index is 13.1. The monoisotopic (exact) mass is 429 g/mol. The Morgan fingerprint density at radius 3 is 2.28 bits per heavy atom. The molecule has 1 aliphatic heterocycles. The average molecular weight is 429 g/mol. The lowest BCUT2D eigenvalue weighted by atomic mass is 10.1. The first-order chi connectivity index (χ1) is 15.4. The Hall–Kier alpha value is -4.13. The minimum absolute atomic E-state index is 0.0969. The number of nitrogens with one attached hydrogen (secondary N) is 1. The normalized spacial score (nSPS) is 15.3. The van der Waals surface area contributed by atoms with E-state index in [1.54, 1.807) is 30.3 Å². The molecule has 1 N–H and O–H groups in total. The van der Waals surface area contributed by atoms with Crippen molar-refractivity contribution in [2.75, 3.05) is 11.5 Å². The van der Waals surface area contributed by atoms with E-state index < -0.39 is 17.8 Å². The van der Waals surface area contributed by atoms with Crippen molar-refractivity contribution in [3.8, 4) is 11.4 Å². The number of anilines is 1. The summed E-state index contributed by atoms with van der Waals surface area (Å²) in [6, 6.07) is 17.4. The molecule has 32 heavy (non-hydrogen) atoms. The molecule has 2 aromatic carbocycles. The molecule has 1 saturated heterocycles. The van der Waals surface area contributed by atoms with Gasteiger partial charge in [0.05, 0.1) is 12.3 Å². The number of aryl methyl sites for hydroxylation is 1. The fourth-order valence-electron chi connectivity index (χ4n) is 3.81. The van der Waals surface area contributed by atoms with E-state index in [9.17, 15) is 14.4 Å². The highest BCUT2D eigenvalue weighted by atomic mass is 16.5. The maximum Gasteiger partial charge on any atom is 0.335 e. The highest BCUT2D eigenvalue weighted by Gasteiger charge is 2.36. The van der Waals surface area contributed by atoms with Crippen LogP contribution in [-0.2, 0) is 9.59 Å². The molecule has 0 radical (unpaired) electrons. The van der Waals surface area contributed by atoms with Crippen LogP contribution in [0.1, 0.15) is 23.9 Å². The highest BCUT2D eigenvalue weighted by molar-refractivity contribution is 6.39. The van der Waals surface area contributed by atoms with Gasteiger partial charge in [0, 0.05) is 17.1 Å². The zero-order valence-corrected chi connectivity index (χ0v) is 18.1. The van der Waals surface area contributed by atoms with Crippen LogP contribution in [0.4, 0.5) is 10.5 Å². The topological polar surface area (TPSA) is 80.6 Å². The predicted molar refractivity (Wildman–Crippen MR) is 122 cm³/mol. The zero-order valence-electron chi connectivity index (χ0n) is 18.1. The third-order valence-corrected chi connectivity index (χ3v) is 5.29. The first kappa shape index (κ1) is 21.1. The molecule has 0 unspecified atom stereocenters. The molecule has 0 bridgehead atoms. The van der Waals surface area contributed by atoms with Gasteiger partial charge in [-0.1, -0.05) is 18.2 Å². The van der Waals surface area contributed by atoms with E-state index in [4.69, 9.17) is 4.74 Å². The van der Waals surface area contributed by atoms with E-state index in [1.807, 2.05) is 55.7 Å². The van der Waals surface area contributed by atoms with E-state index in [2.05, 4.69) is 5.32 Å². The van der Waals surface area contributed by atoms with Crippen molar-refractivity contribution in [3.63, 3.8) is 0 Å². The van der Waals surface area contributed by atoms with Crippen LogP contribution in [0.15, 0.2) is 66.2 Å². The van der Waals surface area contributed by atoms with E-state index >= 15 is 0 Å². The van der Waals surface area contributed by atoms with Crippen LogP contribution in [0.2, 0.25) is 0 Å². The number of rotatable bonds is 5. The Morgan fingerprint density at radius 2 is 1.62 bits per heavy atom. The van der Waals surface area contributed by atoms with Gasteiger partial charge in [-0.2, -0.15) is 0 Å². The van der Waals surface area contributed by atoms with Crippen LogP contribution >= 0.6 is 0 Å². The molecule has 0 aliphatic carbocycles. The van der Waals surface area contributed by atoms with E-state index in [0.29, 0.717) is 12.3 Å². The van der Waals surface area contributed by atoms with Crippen LogP contribution < -0.4 is 15.0 Å². The van der Waals surface area contributed by atoms with Gasteiger partial charge in [-0.25, -0.2) is 9.69 Å². The molecule has 7 heteroatoms. The molecule has 0 saturated carbocycles. The average Bonchev–Trinajstić information content (AvgIpc) is 3.05. The molecule has 7 nitrogen and oxygen atoms in total. The van der Waals surface area contributed by atoms with Crippen molar-refractivity contribution in [2.45, 2.75) is 20.8 Å². The molecule has 0 spiro atoms. The van der Waals surface area contributed by atoms with E-state index in [-0.39, 0.29) is 5.57 Å². The Balaban J connectivity index is 1.71. The molecule has 0 atom stereocenters. The van der Waals surface area contributed by atoms with Crippen LogP contribution in [0.5, 0.6) is 5.75 Å². The fourth-order valence-corrected chi connectivity index (χ4v) is 3.81. The third-order valence-electron chi connectivity index (χ3n) is 5.29. The minimum atomic E-state index is -0.761. The van der Waals surface area contributed by atoms with Gasteiger partial charge in [0.1, 0.15) is 11.3 Å². The van der Waals surface area contributed by atoms with E-state index in [1.165, 1.54) is 6.08 Å². The number of amides is 4. The second-order valence-electron chi connectivity index (χ2n) is 7.38. The van der Waals surface area contributed by atoms with Crippen molar-refractivity contribution in [3.05, 3.63) is 83.2 Å². The summed E-state index contributed by atoms with van der Waals surface area (Å²) in [6.07, 6.45) is 1.54. The van der Waals surface area contributed by atoms with Crippen molar-refractivity contribution in [2.24, 2.45) is 0 Å². The van der Waals surface area contributed by atoms with Gasteiger partial charge in [-0.3, -0.25) is 14.9 Å². The molecule has 1 aromatic heterocycles. The standard InChI is InChI=1S/C25H23N3O4/c1-4-32-21-12-10-20(11-13-21)27-16(2)14-18(17(27)3)15-22-23(29)26-25(31)28(24(22)30)19-8-6-5-7-9-19/h5-15H,4H2,1-3H3,(H,26,29,31)/b22-15+. The minimum Gasteiger partial charge on any atom is -0.494 e. The molecule has 3 aromatic rings. The lowest BCUT2D eigenvalue weighted by Crippen LogP contribution is -2.54. The SMILES string of the molecule is CCOc1ccc(-n2c(C)cc(/C=C3\C(=O)NC(=O)N(c4ccccc4)C3=O)c2C)cc1. The number of hydrogen-bond donors (Lipinski definition) is 1. The molecule has 2 heterocycles. The molecular formula is C25H23N3O4. The van der Waals surface area contributed by atoms with Gasteiger partial charge < -0.3 is 9.30 Å². The Labute approximate surface area is 185 Å². The summed E-state index contributed by atoms with van der Waals surface area (Å²) in [4.78, 5) is 38.9. The third kappa shape index (κ3) is 3.80. The summed E-state index contributed by atoms with van der Waals surface area (Å²) in [6.45, 7) is 6.40. The molecule has 1 aliphatic rings. The summed E-state index contributed by atoms with van der Waals surface area (Å²) in [7, 11) is 0. The smallest absolute Gasteiger partial charge is 0.335 e. The van der Waals surface area contributed by atoms with E-state index in [0.717, 1.165) is 33.3 Å². The van der Waals surface area contributed by atoms with Gasteiger partial charge >= 0.3 is 6.03 Å². The molecule has 4 amide bonds. The quantitative estimate of drug-likeness (QED) is 0.488. The number of imide groups is 2. The number of urea groups is 1. The number of carbonyl (C=O) groups excluding carboxylic acids is 3. The van der Waals surface area contributed by atoms with Crippen LogP contribution in [0.25, 0.3) is 11.8 Å². The van der Waals surface area contributed by atoms with Crippen molar-refractivity contribution >= 4 is 29.6 Å². The number of carbonyl (C=O) groups is 3.